The van der Waals surface area contributed by atoms with Crippen LogP contribution in [-0.4, -0.2) is 10.2 Å². The zero-order valence-electron chi connectivity index (χ0n) is 16.1. The first-order valence-corrected chi connectivity index (χ1v) is 8.02. The van der Waals surface area contributed by atoms with Crippen LogP contribution in [0.2, 0.25) is 0 Å². The predicted molar refractivity (Wildman–Crippen MR) is 108 cm³/mol. The number of halogens is 1. The van der Waals surface area contributed by atoms with Gasteiger partial charge >= 0.3 is 0 Å². The third kappa shape index (κ3) is 9.29. The van der Waals surface area contributed by atoms with E-state index in [4.69, 9.17) is 10.2 Å². The number of para-hydroxylation sites is 2. The summed E-state index contributed by atoms with van der Waals surface area (Å²) < 4.78 is 0. The van der Waals surface area contributed by atoms with Gasteiger partial charge in [-0.1, -0.05) is 69.5 Å². The SMILES string of the molecule is CC1=[C-]C(C)(C)C(C)=C1C.Cl.Oc1ccccc1.Oc1ccccc1.[Ti]. The Morgan fingerprint density at radius 2 is 1.08 bits per heavy atom. The van der Waals surface area contributed by atoms with Gasteiger partial charge in [0.15, 0.2) is 0 Å². The summed E-state index contributed by atoms with van der Waals surface area (Å²) in [7, 11) is 0. The molecule has 0 aliphatic heterocycles. The fourth-order valence-corrected chi connectivity index (χ4v) is 2.26. The van der Waals surface area contributed by atoms with Crippen LogP contribution in [0.4, 0.5) is 0 Å². The van der Waals surface area contributed by atoms with Gasteiger partial charge in [-0.3, -0.25) is 6.08 Å². The Labute approximate surface area is 179 Å². The average Bonchev–Trinajstić information content (AvgIpc) is 2.72. The van der Waals surface area contributed by atoms with Gasteiger partial charge in [0.2, 0.25) is 0 Å². The molecule has 4 heteroatoms. The molecule has 0 atom stereocenters. The molecule has 0 saturated carbocycles. The van der Waals surface area contributed by atoms with Crippen molar-refractivity contribution in [1.82, 2.24) is 0 Å². The quantitative estimate of drug-likeness (QED) is 0.396. The Kier molecular flexibility index (Phi) is 13.2. The summed E-state index contributed by atoms with van der Waals surface area (Å²) in [4.78, 5) is 0. The van der Waals surface area contributed by atoms with Crippen LogP contribution in [0.25, 0.3) is 0 Å². The molecule has 26 heavy (non-hydrogen) atoms. The van der Waals surface area contributed by atoms with E-state index >= 15 is 0 Å². The first kappa shape index (κ1) is 26.8. The molecule has 2 aromatic carbocycles. The second-order valence-corrected chi connectivity index (χ2v) is 6.30. The van der Waals surface area contributed by atoms with E-state index < -0.39 is 0 Å². The topological polar surface area (TPSA) is 40.5 Å². The molecule has 2 N–H and O–H groups in total. The van der Waals surface area contributed by atoms with E-state index in [1.54, 1.807) is 48.5 Å². The van der Waals surface area contributed by atoms with Crippen molar-refractivity contribution in [3.8, 4) is 11.5 Å². The number of aromatic hydroxyl groups is 2. The molecule has 0 spiro atoms. The van der Waals surface area contributed by atoms with Crippen molar-refractivity contribution in [3.05, 3.63) is 83.5 Å². The molecule has 0 radical (unpaired) electrons. The van der Waals surface area contributed by atoms with E-state index in [0.717, 1.165) is 0 Å². The molecule has 1 aliphatic rings. The van der Waals surface area contributed by atoms with Crippen LogP contribution in [0.5, 0.6) is 11.5 Å². The number of phenols is 2. The fourth-order valence-electron chi connectivity index (χ4n) is 2.26. The van der Waals surface area contributed by atoms with Crippen LogP contribution >= 0.6 is 12.4 Å². The molecule has 2 nitrogen and oxygen atoms in total. The zero-order valence-corrected chi connectivity index (χ0v) is 18.5. The van der Waals surface area contributed by atoms with Gasteiger partial charge in [-0.2, -0.15) is 11.1 Å². The van der Waals surface area contributed by atoms with Crippen molar-refractivity contribution < 1.29 is 31.9 Å². The Bertz CT molecular complexity index is 655. The first-order chi connectivity index (χ1) is 11.2. The Morgan fingerprint density at radius 3 is 1.19 bits per heavy atom. The number of benzene rings is 2. The van der Waals surface area contributed by atoms with E-state index in [0.29, 0.717) is 11.5 Å². The third-order valence-corrected chi connectivity index (χ3v) is 4.07. The largest absolute Gasteiger partial charge is 0.508 e. The number of phenolic OH excluding ortho intramolecular Hbond substituents is 2. The van der Waals surface area contributed by atoms with Crippen LogP contribution in [-0.2, 0) is 21.7 Å². The molecule has 0 fully saturated rings. The number of allylic oxidation sites excluding steroid dienone is 4. The maximum absolute atomic E-state index is 8.63. The number of hydrogen-bond acceptors (Lipinski definition) is 2. The minimum Gasteiger partial charge on any atom is -0.508 e. The van der Waals surface area contributed by atoms with Gasteiger partial charge in [-0.05, 0) is 24.3 Å². The number of hydrogen-bond donors (Lipinski definition) is 2. The van der Waals surface area contributed by atoms with Crippen molar-refractivity contribution in [3.63, 3.8) is 0 Å². The van der Waals surface area contributed by atoms with Gasteiger partial charge in [0, 0.05) is 21.7 Å². The van der Waals surface area contributed by atoms with Crippen LogP contribution < -0.4 is 0 Å². The van der Waals surface area contributed by atoms with Gasteiger partial charge in [-0.25, -0.2) is 5.57 Å². The maximum Gasteiger partial charge on any atom is 0.115 e. The first-order valence-electron chi connectivity index (χ1n) is 8.02. The fraction of sp³-hybridized carbons (Fsp3) is 0.273. The van der Waals surface area contributed by atoms with Gasteiger partial charge < -0.3 is 10.2 Å². The van der Waals surface area contributed by atoms with Gasteiger partial charge in [0.25, 0.3) is 0 Å². The Morgan fingerprint density at radius 1 is 0.731 bits per heavy atom. The summed E-state index contributed by atoms with van der Waals surface area (Å²) in [6.07, 6.45) is 3.44. The molecular formula is C22H28ClO2Ti-. The van der Waals surface area contributed by atoms with E-state index in [1.165, 1.54) is 16.7 Å². The summed E-state index contributed by atoms with van der Waals surface area (Å²) in [5.41, 5.74) is 4.39. The van der Waals surface area contributed by atoms with E-state index in [1.807, 2.05) is 12.1 Å². The molecule has 0 aromatic heterocycles. The average molecular weight is 408 g/mol. The standard InChI is InChI=1S/C10H15.2C6H6O.ClH.Ti/c1-7-6-10(4,5)9(3)8(7)2;2*7-6-4-2-1-3-5-6;;/h1-5H3;2*1-5,7H;1H;/q-1;;;;. The third-order valence-electron chi connectivity index (χ3n) is 4.07. The summed E-state index contributed by atoms with van der Waals surface area (Å²) in [6, 6.07) is 17.4. The zero-order chi connectivity index (χ0) is 18.2. The molecule has 3 rings (SSSR count). The van der Waals surface area contributed by atoms with Gasteiger partial charge in [0.05, 0.1) is 0 Å². The minimum absolute atomic E-state index is 0. The van der Waals surface area contributed by atoms with Gasteiger partial charge in [-0.15, -0.1) is 19.3 Å². The summed E-state index contributed by atoms with van der Waals surface area (Å²) in [6.45, 7) is 10.9. The second kappa shape index (κ2) is 12.8. The van der Waals surface area contributed by atoms with Crippen LogP contribution in [0.15, 0.2) is 77.4 Å². The van der Waals surface area contributed by atoms with Crippen molar-refractivity contribution in [2.24, 2.45) is 5.41 Å². The molecule has 1 aliphatic carbocycles. The van der Waals surface area contributed by atoms with Crippen LogP contribution in [0.3, 0.4) is 0 Å². The van der Waals surface area contributed by atoms with Crippen molar-refractivity contribution >= 4 is 12.4 Å². The molecular weight excluding hydrogens is 380 g/mol. The van der Waals surface area contributed by atoms with Crippen molar-refractivity contribution in [1.29, 1.82) is 0 Å². The molecule has 0 saturated heterocycles. The molecule has 0 bridgehead atoms. The Hall–Kier alpha value is -1.48. The summed E-state index contributed by atoms with van der Waals surface area (Å²) >= 11 is 0. The van der Waals surface area contributed by atoms with Crippen molar-refractivity contribution in [2.75, 3.05) is 0 Å². The maximum atomic E-state index is 8.63. The summed E-state index contributed by atoms with van der Waals surface area (Å²) in [5.74, 6) is 0.644. The van der Waals surface area contributed by atoms with Crippen molar-refractivity contribution in [2.45, 2.75) is 34.6 Å². The molecule has 0 amide bonds. The molecule has 0 heterocycles. The molecule has 0 unspecified atom stereocenters. The minimum atomic E-state index is 0. The van der Waals surface area contributed by atoms with E-state index in [-0.39, 0.29) is 39.5 Å². The number of rotatable bonds is 0. The van der Waals surface area contributed by atoms with E-state index in [2.05, 4.69) is 40.7 Å². The molecule has 2 aromatic rings. The van der Waals surface area contributed by atoms with Crippen LogP contribution in [0, 0.1) is 11.5 Å². The monoisotopic (exact) mass is 407 g/mol. The molecule has 140 valence electrons. The normalized spacial score (nSPS) is 13.7. The summed E-state index contributed by atoms with van der Waals surface area (Å²) in [5, 5.41) is 17.3. The van der Waals surface area contributed by atoms with E-state index in [9.17, 15) is 0 Å². The predicted octanol–water partition coefficient (Wildman–Crippen LogP) is 6.32. The smallest absolute Gasteiger partial charge is 0.115 e. The van der Waals surface area contributed by atoms with Crippen LogP contribution in [0.1, 0.15) is 34.6 Å². The van der Waals surface area contributed by atoms with Gasteiger partial charge in [0.1, 0.15) is 11.5 Å². The Balaban J connectivity index is 0. The second-order valence-electron chi connectivity index (χ2n) is 6.30.